The van der Waals surface area contributed by atoms with Gasteiger partial charge in [0.2, 0.25) is 0 Å². The summed E-state index contributed by atoms with van der Waals surface area (Å²) in [6.07, 6.45) is 1.77. The van der Waals surface area contributed by atoms with Crippen LogP contribution in [-0.4, -0.2) is 0 Å². The summed E-state index contributed by atoms with van der Waals surface area (Å²) in [6, 6.07) is 3.57. The van der Waals surface area contributed by atoms with Crippen molar-refractivity contribution in [3.8, 4) is 0 Å². The molecule has 1 aliphatic rings. The van der Waals surface area contributed by atoms with Crippen LogP contribution in [0.1, 0.15) is 23.6 Å². The van der Waals surface area contributed by atoms with Gasteiger partial charge in [0.05, 0.1) is 4.47 Å². The van der Waals surface area contributed by atoms with E-state index < -0.39 is 0 Å². The van der Waals surface area contributed by atoms with Gasteiger partial charge in [-0.3, -0.25) is 0 Å². The number of hydrogen-bond acceptors (Lipinski definition) is 1. The minimum Gasteiger partial charge on any atom is -0.324 e. The molecule has 0 unspecified atom stereocenters. The molecule has 12 heavy (non-hydrogen) atoms. The molecule has 0 saturated carbocycles. The molecule has 0 radical (unpaired) electrons. The van der Waals surface area contributed by atoms with Crippen molar-refractivity contribution in [2.75, 3.05) is 0 Å². The second kappa shape index (κ2) is 2.82. The fourth-order valence-electron chi connectivity index (χ4n) is 1.68. The van der Waals surface area contributed by atoms with Gasteiger partial charge in [0.1, 0.15) is 5.82 Å². The second-order valence-corrected chi connectivity index (χ2v) is 3.93. The molecule has 0 spiro atoms. The zero-order valence-corrected chi connectivity index (χ0v) is 8.07. The van der Waals surface area contributed by atoms with Crippen LogP contribution in [-0.2, 0) is 6.42 Å². The van der Waals surface area contributed by atoms with Crippen molar-refractivity contribution in [2.45, 2.75) is 18.9 Å². The van der Waals surface area contributed by atoms with Crippen LogP contribution in [0.15, 0.2) is 16.6 Å². The molecule has 1 nitrogen and oxygen atoms in total. The van der Waals surface area contributed by atoms with Crippen molar-refractivity contribution in [1.29, 1.82) is 0 Å². The predicted molar refractivity (Wildman–Crippen MR) is 49.3 cm³/mol. The van der Waals surface area contributed by atoms with Gasteiger partial charge >= 0.3 is 0 Å². The Bertz CT molecular complexity index is 325. The molecular formula is C9H9BrFN. The van der Waals surface area contributed by atoms with Crippen LogP contribution in [0.25, 0.3) is 0 Å². The maximum absolute atomic E-state index is 13.4. The molecule has 0 aliphatic heterocycles. The predicted octanol–water partition coefficient (Wildman–Crippen LogP) is 2.53. The van der Waals surface area contributed by atoms with E-state index in [-0.39, 0.29) is 11.9 Å². The largest absolute Gasteiger partial charge is 0.324 e. The van der Waals surface area contributed by atoms with Crippen LogP contribution in [0.4, 0.5) is 4.39 Å². The van der Waals surface area contributed by atoms with Gasteiger partial charge in [-0.1, -0.05) is 6.07 Å². The first-order valence-electron chi connectivity index (χ1n) is 3.92. The SMILES string of the molecule is N[C@@H]1CCc2ccc(Br)c(F)c21. The number of halogens is 2. The number of benzene rings is 1. The Balaban J connectivity index is 2.63. The molecule has 0 bridgehead atoms. The number of nitrogens with two attached hydrogens (primary N) is 1. The van der Waals surface area contributed by atoms with Crippen molar-refractivity contribution < 1.29 is 4.39 Å². The minimum absolute atomic E-state index is 0.113. The molecular weight excluding hydrogens is 221 g/mol. The highest BCUT2D eigenvalue weighted by Crippen LogP contribution is 2.34. The maximum atomic E-state index is 13.4. The summed E-state index contributed by atoms with van der Waals surface area (Å²) < 4.78 is 13.9. The van der Waals surface area contributed by atoms with E-state index in [0.29, 0.717) is 10.0 Å². The summed E-state index contributed by atoms with van der Waals surface area (Å²) in [5, 5.41) is 0. The Kier molecular flexibility index (Phi) is 1.93. The van der Waals surface area contributed by atoms with Gasteiger partial charge in [0.15, 0.2) is 0 Å². The lowest BCUT2D eigenvalue weighted by Crippen LogP contribution is -2.07. The Morgan fingerprint density at radius 1 is 1.50 bits per heavy atom. The van der Waals surface area contributed by atoms with Crippen LogP contribution in [0.5, 0.6) is 0 Å². The first-order chi connectivity index (χ1) is 5.70. The summed E-state index contributed by atoms with van der Waals surface area (Å²) in [5.74, 6) is -0.183. The molecule has 1 aromatic rings. The maximum Gasteiger partial charge on any atom is 0.142 e. The highest BCUT2D eigenvalue weighted by Gasteiger charge is 2.23. The quantitative estimate of drug-likeness (QED) is 0.728. The van der Waals surface area contributed by atoms with Gasteiger partial charge in [-0.15, -0.1) is 0 Å². The number of aryl methyl sites for hydroxylation is 1. The van der Waals surface area contributed by atoms with Crippen molar-refractivity contribution >= 4 is 15.9 Å². The molecule has 1 atom stereocenters. The Morgan fingerprint density at radius 3 is 3.00 bits per heavy atom. The Labute approximate surface area is 78.9 Å². The topological polar surface area (TPSA) is 26.0 Å². The molecule has 2 rings (SSSR count). The number of rotatable bonds is 0. The molecule has 64 valence electrons. The van der Waals surface area contributed by atoms with E-state index in [2.05, 4.69) is 15.9 Å². The van der Waals surface area contributed by atoms with Crippen molar-refractivity contribution in [2.24, 2.45) is 5.73 Å². The van der Waals surface area contributed by atoms with E-state index in [9.17, 15) is 4.39 Å². The molecule has 0 fully saturated rings. The third-order valence-corrected chi connectivity index (χ3v) is 2.93. The fraction of sp³-hybridized carbons (Fsp3) is 0.333. The summed E-state index contributed by atoms with van der Waals surface area (Å²) in [4.78, 5) is 0. The lowest BCUT2D eigenvalue weighted by atomic mass is 10.1. The molecule has 3 heteroatoms. The van der Waals surface area contributed by atoms with Crippen LogP contribution in [0.2, 0.25) is 0 Å². The smallest absolute Gasteiger partial charge is 0.142 e. The summed E-state index contributed by atoms with van der Waals surface area (Å²) in [7, 11) is 0. The first-order valence-corrected chi connectivity index (χ1v) is 4.72. The average molecular weight is 230 g/mol. The molecule has 0 amide bonds. The Morgan fingerprint density at radius 2 is 2.25 bits per heavy atom. The van der Waals surface area contributed by atoms with Crippen LogP contribution >= 0.6 is 15.9 Å². The standard InChI is InChI=1S/C9H9BrFN/c10-6-3-1-5-2-4-7(12)8(5)9(6)11/h1,3,7H,2,4,12H2/t7-/m1/s1. The van der Waals surface area contributed by atoms with Gasteiger partial charge in [0, 0.05) is 11.6 Å². The van der Waals surface area contributed by atoms with Gasteiger partial charge < -0.3 is 5.73 Å². The van der Waals surface area contributed by atoms with E-state index in [1.165, 1.54) is 0 Å². The zero-order chi connectivity index (χ0) is 8.72. The normalized spacial score (nSPS) is 21.1. The van der Waals surface area contributed by atoms with Crippen LogP contribution in [0, 0.1) is 5.82 Å². The van der Waals surface area contributed by atoms with Gasteiger partial charge in [-0.2, -0.15) is 0 Å². The van der Waals surface area contributed by atoms with Crippen molar-refractivity contribution in [3.63, 3.8) is 0 Å². The Hall–Kier alpha value is -0.410. The molecule has 0 heterocycles. The monoisotopic (exact) mass is 229 g/mol. The lowest BCUT2D eigenvalue weighted by Gasteiger charge is -2.06. The summed E-state index contributed by atoms with van der Waals surface area (Å²) in [6.45, 7) is 0. The second-order valence-electron chi connectivity index (χ2n) is 3.08. The van der Waals surface area contributed by atoms with Crippen molar-refractivity contribution in [1.82, 2.24) is 0 Å². The van der Waals surface area contributed by atoms with E-state index in [1.807, 2.05) is 6.07 Å². The van der Waals surface area contributed by atoms with Crippen molar-refractivity contribution in [3.05, 3.63) is 33.5 Å². The van der Waals surface area contributed by atoms with Gasteiger partial charge in [-0.05, 0) is 40.4 Å². The third-order valence-electron chi connectivity index (χ3n) is 2.32. The lowest BCUT2D eigenvalue weighted by molar-refractivity contribution is 0.583. The summed E-state index contributed by atoms with van der Waals surface area (Å²) in [5.41, 5.74) is 7.51. The molecule has 1 aromatic carbocycles. The number of hydrogen-bond donors (Lipinski definition) is 1. The molecule has 1 aliphatic carbocycles. The fourth-order valence-corrected chi connectivity index (χ4v) is 2.03. The van der Waals surface area contributed by atoms with E-state index in [0.717, 1.165) is 18.4 Å². The minimum atomic E-state index is -0.183. The van der Waals surface area contributed by atoms with Gasteiger partial charge in [-0.25, -0.2) is 4.39 Å². The first kappa shape index (κ1) is 8.20. The molecule has 0 aromatic heterocycles. The average Bonchev–Trinajstić information content (AvgIpc) is 2.41. The van der Waals surface area contributed by atoms with E-state index >= 15 is 0 Å². The third kappa shape index (κ3) is 1.08. The van der Waals surface area contributed by atoms with E-state index in [4.69, 9.17) is 5.73 Å². The van der Waals surface area contributed by atoms with Crippen LogP contribution < -0.4 is 5.73 Å². The molecule has 2 N–H and O–H groups in total. The zero-order valence-electron chi connectivity index (χ0n) is 6.48. The van der Waals surface area contributed by atoms with Crippen LogP contribution in [0.3, 0.4) is 0 Å². The summed E-state index contributed by atoms with van der Waals surface area (Å²) >= 11 is 3.15. The van der Waals surface area contributed by atoms with E-state index in [1.54, 1.807) is 6.07 Å². The highest BCUT2D eigenvalue weighted by molar-refractivity contribution is 9.10. The molecule has 0 saturated heterocycles. The number of fused-ring (bicyclic) bond motifs is 1. The van der Waals surface area contributed by atoms with Gasteiger partial charge in [0.25, 0.3) is 0 Å². The highest BCUT2D eigenvalue weighted by atomic mass is 79.9.